The summed E-state index contributed by atoms with van der Waals surface area (Å²) in [5, 5.41) is 15.5. The number of nitrogens with one attached hydrogen (secondary N) is 1. The van der Waals surface area contributed by atoms with E-state index < -0.39 is 0 Å². The first-order valence-corrected chi connectivity index (χ1v) is 11.7. The molecular formula is C29H31ClN2O2. The summed E-state index contributed by atoms with van der Waals surface area (Å²) >= 11 is 0. The Morgan fingerprint density at radius 2 is 1.68 bits per heavy atom. The second-order valence-corrected chi connectivity index (χ2v) is 8.66. The second-order valence-electron chi connectivity index (χ2n) is 8.66. The number of nitrogens with zero attached hydrogens (tertiary/aromatic N) is 1. The lowest BCUT2D eigenvalue weighted by Gasteiger charge is -2.37. The van der Waals surface area contributed by atoms with Gasteiger partial charge in [0.2, 0.25) is 0 Å². The molecule has 2 atom stereocenters. The Morgan fingerprint density at radius 1 is 0.941 bits per heavy atom. The minimum absolute atomic E-state index is 0. The molecule has 1 aliphatic heterocycles. The second kappa shape index (κ2) is 10.9. The van der Waals surface area contributed by atoms with Gasteiger partial charge in [-0.1, -0.05) is 66.7 Å². The molecule has 0 radical (unpaired) electrons. The first-order valence-electron chi connectivity index (χ1n) is 11.7. The van der Waals surface area contributed by atoms with Crippen LogP contribution in [0.3, 0.4) is 0 Å². The van der Waals surface area contributed by atoms with Crippen LogP contribution in [-0.4, -0.2) is 30.9 Å². The lowest BCUT2D eigenvalue weighted by Crippen LogP contribution is -2.44. The van der Waals surface area contributed by atoms with Gasteiger partial charge in [-0.15, -0.1) is 12.4 Å². The standard InChI is InChI=1S/C29H30N2O2.ClH/c1-21(26-10-6-8-23-7-2-3-9-27(23)26)30-19-25-20-31(28-11-4-5-12-29(28)33-25)24-15-13-22(14-16-24)17-18-32;/h2-16,21,25,30,32H,17-20H2,1H3;1H/t21-,25?;/m1./s1. The fourth-order valence-electron chi connectivity index (χ4n) is 4.67. The molecule has 0 fully saturated rings. The van der Waals surface area contributed by atoms with Gasteiger partial charge in [-0.25, -0.2) is 0 Å². The number of halogens is 1. The lowest BCUT2D eigenvalue weighted by molar-refractivity contribution is 0.190. The number of benzene rings is 4. The molecule has 0 saturated heterocycles. The Kier molecular flexibility index (Phi) is 7.73. The van der Waals surface area contributed by atoms with E-state index in [0.29, 0.717) is 6.42 Å². The van der Waals surface area contributed by atoms with E-state index >= 15 is 0 Å². The summed E-state index contributed by atoms with van der Waals surface area (Å²) in [6.07, 6.45) is 0.702. The average molecular weight is 475 g/mol. The summed E-state index contributed by atoms with van der Waals surface area (Å²) in [5.41, 5.74) is 4.68. The van der Waals surface area contributed by atoms with Crippen molar-refractivity contribution in [2.75, 3.05) is 24.6 Å². The van der Waals surface area contributed by atoms with Crippen LogP contribution in [0.1, 0.15) is 24.1 Å². The molecule has 2 N–H and O–H groups in total. The maximum atomic E-state index is 9.21. The molecule has 0 saturated carbocycles. The number of aliphatic hydroxyl groups excluding tert-OH is 1. The first-order chi connectivity index (χ1) is 16.2. The molecule has 0 bridgehead atoms. The number of hydrogen-bond acceptors (Lipinski definition) is 4. The predicted molar refractivity (Wildman–Crippen MR) is 143 cm³/mol. The molecule has 0 aromatic heterocycles. The Bertz CT molecular complexity index is 1220. The topological polar surface area (TPSA) is 44.7 Å². The first kappa shape index (κ1) is 24.1. The van der Waals surface area contributed by atoms with Crippen LogP contribution >= 0.6 is 12.4 Å². The zero-order chi connectivity index (χ0) is 22.6. The Morgan fingerprint density at radius 3 is 2.50 bits per heavy atom. The van der Waals surface area contributed by atoms with Crippen LogP contribution in [0.5, 0.6) is 5.75 Å². The van der Waals surface area contributed by atoms with Crippen molar-refractivity contribution in [2.45, 2.75) is 25.5 Å². The highest BCUT2D eigenvalue weighted by Gasteiger charge is 2.27. The molecule has 0 spiro atoms. The summed E-state index contributed by atoms with van der Waals surface area (Å²) in [6, 6.07) is 31.9. The molecule has 1 heterocycles. The number of fused-ring (bicyclic) bond motifs is 2. The third-order valence-electron chi connectivity index (χ3n) is 6.43. The third-order valence-corrected chi connectivity index (χ3v) is 6.43. The minimum atomic E-state index is 0. The van der Waals surface area contributed by atoms with E-state index in [1.54, 1.807) is 0 Å². The Hall–Kier alpha value is -3.05. The van der Waals surface area contributed by atoms with Gasteiger partial charge in [-0.3, -0.25) is 0 Å². The zero-order valence-electron chi connectivity index (χ0n) is 19.4. The summed E-state index contributed by atoms with van der Waals surface area (Å²) < 4.78 is 6.38. The normalized spacial score (nSPS) is 15.8. The fourth-order valence-corrected chi connectivity index (χ4v) is 4.67. The maximum Gasteiger partial charge on any atom is 0.143 e. The fraction of sp³-hybridized carbons (Fsp3) is 0.241. The molecule has 5 rings (SSSR count). The van der Waals surface area contributed by atoms with Crippen molar-refractivity contribution in [3.05, 3.63) is 102 Å². The third kappa shape index (κ3) is 5.05. The number of ether oxygens (including phenoxy) is 1. The SMILES string of the molecule is C[C@@H](NCC1CN(c2ccc(CCO)cc2)c2ccccc2O1)c1cccc2ccccc12.Cl. The lowest BCUT2D eigenvalue weighted by atomic mass is 9.99. The number of hydrogen-bond donors (Lipinski definition) is 2. The minimum Gasteiger partial charge on any atom is -0.485 e. The molecule has 1 aliphatic rings. The van der Waals surface area contributed by atoms with E-state index in [-0.39, 0.29) is 31.2 Å². The van der Waals surface area contributed by atoms with Crippen LogP contribution < -0.4 is 15.0 Å². The van der Waals surface area contributed by atoms with E-state index in [2.05, 4.69) is 96.0 Å². The van der Waals surface area contributed by atoms with Crippen molar-refractivity contribution in [3.8, 4) is 5.75 Å². The molecule has 0 amide bonds. The van der Waals surface area contributed by atoms with Crippen molar-refractivity contribution < 1.29 is 9.84 Å². The van der Waals surface area contributed by atoms with Gasteiger partial charge in [0.25, 0.3) is 0 Å². The Labute approximate surface area is 207 Å². The monoisotopic (exact) mass is 474 g/mol. The van der Waals surface area contributed by atoms with Gasteiger partial charge < -0.3 is 20.1 Å². The molecule has 176 valence electrons. The van der Waals surface area contributed by atoms with E-state index in [9.17, 15) is 5.11 Å². The van der Waals surface area contributed by atoms with E-state index in [1.165, 1.54) is 16.3 Å². The number of aliphatic hydroxyl groups is 1. The molecular weight excluding hydrogens is 444 g/mol. The van der Waals surface area contributed by atoms with Crippen LogP contribution in [0.15, 0.2) is 91.0 Å². The van der Waals surface area contributed by atoms with Gasteiger partial charge in [-0.2, -0.15) is 0 Å². The summed E-state index contributed by atoms with van der Waals surface area (Å²) in [7, 11) is 0. The van der Waals surface area contributed by atoms with Crippen LogP contribution in [0.25, 0.3) is 10.8 Å². The van der Waals surface area contributed by atoms with Gasteiger partial charge in [0.1, 0.15) is 11.9 Å². The summed E-state index contributed by atoms with van der Waals surface area (Å²) in [5.74, 6) is 0.910. The van der Waals surface area contributed by atoms with Crippen LogP contribution in [0, 0.1) is 0 Å². The molecule has 1 unspecified atom stereocenters. The van der Waals surface area contributed by atoms with E-state index in [0.717, 1.165) is 35.8 Å². The van der Waals surface area contributed by atoms with Gasteiger partial charge >= 0.3 is 0 Å². The molecule has 4 aromatic carbocycles. The van der Waals surface area contributed by atoms with Gasteiger partial charge in [-0.05, 0) is 59.5 Å². The van der Waals surface area contributed by atoms with Gasteiger partial charge in [0.05, 0.1) is 12.2 Å². The van der Waals surface area contributed by atoms with Crippen molar-refractivity contribution in [3.63, 3.8) is 0 Å². The molecule has 34 heavy (non-hydrogen) atoms. The van der Waals surface area contributed by atoms with Crippen LogP contribution in [-0.2, 0) is 6.42 Å². The summed E-state index contributed by atoms with van der Waals surface area (Å²) in [6.45, 7) is 3.90. The van der Waals surface area contributed by atoms with Gasteiger partial charge in [0.15, 0.2) is 0 Å². The Balaban J connectivity index is 0.00000274. The maximum absolute atomic E-state index is 9.21. The highest BCUT2D eigenvalue weighted by atomic mass is 35.5. The number of para-hydroxylation sites is 2. The van der Waals surface area contributed by atoms with Gasteiger partial charge in [0, 0.05) is 24.9 Å². The van der Waals surface area contributed by atoms with Crippen molar-refractivity contribution in [1.82, 2.24) is 5.32 Å². The number of rotatable bonds is 7. The predicted octanol–water partition coefficient (Wildman–Crippen LogP) is 6.05. The average Bonchev–Trinajstić information content (AvgIpc) is 2.87. The molecule has 0 aliphatic carbocycles. The highest BCUT2D eigenvalue weighted by molar-refractivity contribution is 5.86. The quantitative estimate of drug-likeness (QED) is 0.342. The largest absolute Gasteiger partial charge is 0.485 e. The molecule has 5 heteroatoms. The summed E-state index contributed by atoms with van der Waals surface area (Å²) in [4.78, 5) is 2.33. The van der Waals surface area contributed by atoms with Crippen LogP contribution in [0.4, 0.5) is 11.4 Å². The highest BCUT2D eigenvalue weighted by Crippen LogP contribution is 2.38. The van der Waals surface area contributed by atoms with Crippen LogP contribution in [0.2, 0.25) is 0 Å². The van der Waals surface area contributed by atoms with E-state index in [1.807, 2.05) is 12.1 Å². The van der Waals surface area contributed by atoms with Crippen molar-refractivity contribution in [2.24, 2.45) is 0 Å². The van der Waals surface area contributed by atoms with Crippen molar-refractivity contribution >= 4 is 34.6 Å². The number of anilines is 2. The van der Waals surface area contributed by atoms with Crippen molar-refractivity contribution in [1.29, 1.82) is 0 Å². The smallest absolute Gasteiger partial charge is 0.143 e. The van der Waals surface area contributed by atoms with E-state index in [4.69, 9.17) is 4.74 Å². The molecule has 4 aromatic rings. The zero-order valence-corrected chi connectivity index (χ0v) is 20.2. The molecule has 4 nitrogen and oxygen atoms in total.